The number of amides is 1. The van der Waals surface area contributed by atoms with Crippen molar-refractivity contribution in [1.82, 2.24) is 15.2 Å². The molecule has 0 bridgehead atoms. The number of hydrogen-bond acceptors (Lipinski definition) is 4. The topological polar surface area (TPSA) is 48.5 Å². The summed E-state index contributed by atoms with van der Waals surface area (Å²) in [5.74, 6) is -0.728. The number of aromatic nitrogens is 1. The third-order valence-electron chi connectivity index (χ3n) is 5.04. The highest BCUT2D eigenvalue weighted by Gasteiger charge is 2.22. The van der Waals surface area contributed by atoms with Gasteiger partial charge in [-0.25, -0.2) is 8.78 Å². The van der Waals surface area contributed by atoms with Gasteiger partial charge in [-0.15, -0.1) is 0 Å². The zero-order valence-electron chi connectivity index (χ0n) is 15.1. The number of pyridine rings is 1. The Morgan fingerprint density at radius 3 is 2.77 bits per heavy atom. The summed E-state index contributed by atoms with van der Waals surface area (Å²) in [4.78, 5) is 19.7. The van der Waals surface area contributed by atoms with Gasteiger partial charge in [0.15, 0.2) is 5.82 Å². The van der Waals surface area contributed by atoms with Gasteiger partial charge in [0.05, 0.1) is 6.54 Å². The zero-order chi connectivity index (χ0) is 18.7. The first-order valence-corrected chi connectivity index (χ1v) is 8.85. The van der Waals surface area contributed by atoms with Crippen LogP contribution in [0.15, 0.2) is 24.4 Å². The van der Waals surface area contributed by atoms with Gasteiger partial charge in [0.2, 0.25) is 5.91 Å². The molecule has 1 aromatic heterocycles. The first-order valence-electron chi connectivity index (χ1n) is 8.85. The number of likely N-dealkylation sites (tertiary alicyclic amines) is 1. The summed E-state index contributed by atoms with van der Waals surface area (Å²) in [5.41, 5.74) is 0.970. The van der Waals surface area contributed by atoms with Crippen molar-refractivity contribution in [2.75, 3.05) is 45.2 Å². The van der Waals surface area contributed by atoms with Crippen LogP contribution in [0.3, 0.4) is 0 Å². The maximum atomic E-state index is 14.0. The molecule has 2 aromatic rings. The van der Waals surface area contributed by atoms with Crippen molar-refractivity contribution in [3.8, 4) is 0 Å². The second-order valence-electron chi connectivity index (χ2n) is 6.89. The number of benzene rings is 1. The van der Waals surface area contributed by atoms with Gasteiger partial charge < -0.3 is 10.2 Å². The van der Waals surface area contributed by atoms with Crippen molar-refractivity contribution in [3.05, 3.63) is 36.0 Å². The van der Waals surface area contributed by atoms with E-state index in [1.54, 1.807) is 19.3 Å². The van der Waals surface area contributed by atoms with Crippen LogP contribution < -0.4 is 10.2 Å². The highest BCUT2D eigenvalue weighted by Crippen LogP contribution is 2.29. The molecule has 0 radical (unpaired) electrons. The molecular weight excluding hydrogens is 338 g/mol. The molecule has 1 aromatic carbocycles. The fourth-order valence-corrected chi connectivity index (χ4v) is 3.59. The molecule has 1 amide bonds. The fraction of sp³-hybridized carbons (Fsp3) is 0.474. The minimum Gasteiger partial charge on any atom is -0.374 e. The van der Waals surface area contributed by atoms with Crippen LogP contribution in [0.2, 0.25) is 0 Å². The van der Waals surface area contributed by atoms with Crippen LogP contribution in [-0.2, 0) is 4.79 Å². The highest BCUT2D eigenvalue weighted by molar-refractivity contribution is 5.91. The van der Waals surface area contributed by atoms with E-state index in [0.717, 1.165) is 44.2 Å². The van der Waals surface area contributed by atoms with Gasteiger partial charge in [-0.05, 0) is 44.0 Å². The number of piperidine rings is 1. The Bertz CT molecular complexity index is 790. The molecule has 1 N–H and O–H groups in total. The van der Waals surface area contributed by atoms with Crippen molar-refractivity contribution in [2.45, 2.75) is 12.8 Å². The normalized spacial score (nSPS) is 16.0. The van der Waals surface area contributed by atoms with Gasteiger partial charge in [-0.1, -0.05) is 0 Å². The first-order chi connectivity index (χ1) is 12.5. The molecule has 26 heavy (non-hydrogen) atoms. The van der Waals surface area contributed by atoms with Gasteiger partial charge in [0.1, 0.15) is 11.3 Å². The molecule has 0 spiro atoms. The second kappa shape index (κ2) is 7.95. The van der Waals surface area contributed by atoms with Crippen molar-refractivity contribution in [1.29, 1.82) is 0 Å². The Kier molecular flexibility index (Phi) is 5.66. The van der Waals surface area contributed by atoms with E-state index >= 15 is 0 Å². The summed E-state index contributed by atoms with van der Waals surface area (Å²) < 4.78 is 27.6. The van der Waals surface area contributed by atoms with E-state index in [-0.39, 0.29) is 11.4 Å². The standard InChI is InChI=1S/C19H24F2N4O/c1-22-18(26)12-25-7-4-13(5-8-25)11-24(2)17-3-6-23-19-15(17)9-14(20)10-16(19)21/h3,6,9-10,13H,4-5,7-8,11-12H2,1-2H3,(H,22,26). The Morgan fingerprint density at radius 2 is 2.08 bits per heavy atom. The molecule has 1 aliphatic heterocycles. The number of nitrogens with one attached hydrogen (secondary N) is 1. The lowest BCUT2D eigenvalue weighted by molar-refractivity contribution is -0.122. The van der Waals surface area contributed by atoms with Crippen molar-refractivity contribution in [3.63, 3.8) is 0 Å². The molecule has 1 fully saturated rings. The number of halogens is 2. The number of carbonyl (C=O) groups is 1. The Hall–Kier alpha value is -2.28. The van der Waals surface area contributed by atoms with Crippen molar-refractivity contribution < 1.29 is 13.6 Å². The number of anilines is 1. The predicted molar refractivity (Wildman–Crippen MR) is 98.2 cm³/mol. The number of carbonyl (C=O) groups excluding carboxylic acids is 1. The highest BCUT2D eigenvalue weighted by atomic mass is 19.1. The van der Waals surface area contributed by atoms with E-state index in [2.05, 4.69) is 15.2 Å². The van der Waals surface area contributed by atoms with E-state index in [9.17, 15) is 13.6 Å². The van der Waals surface area contributed by atoms with E-state index in [1.807, 2.05) is 11.9 Å². The third-order valence-corrected chi connectivity index (χ3v) is 5.04. The molecule has 0 unspecified atom stereocenters. The number of hydrogen-bond donors (Lipinski definition) is 1. The SMILES string of the molecule is CNC(=O)CN1CCC(CN(C)c2ccnc3c(F)cc(F)cc23)CC1. The molecule has 5 nitrogen and oxygen atoms in total. The maximum Gasteiger partial charge on any atom is 0.233 e. The Balaban J connectivity index is 1.67. The molecule has 2 heterocycles. The van der Waals surface area contributed by atoms with Gasteiger partial charge in [0.25, 0.3) is 0 Å². The van der Waals surface area contributed by atoms with Crippen molar-refractivity contribution in [2.24, 2.45) is 5.92 Å². The van der Waals surface area contributed by atoms with E-state index in [1.165, 1.54) is 6.07 Å². The van der Waals surface area contributed by atoms with Crippen LogP contribution in [0.4, 0.5) is 14.5 Å². The fourth-order valence-electron chi connectivity index (χ4n) is 3.59. The molecule has 140 valence electrons. The van der Waals surface area contributed by atoms with Crippen LogP contribution in [-0.4, -0.2) is 56.1 Å². The summed E-state index contributed by atoms with van der Waals surface area (Å²) >= 11 is 0. The third kappa shape index (κ3) is 4.09. The predicted octanol–water partition coefficient (Wildman–Crippen LogP) is 2.41. The number of rotatable bonds is 5. The van der Waals surface area contributed by atoms with E-state index < -0.39 is 11.6 Å². The minimum absolute atomic E-state index is 0.0351. The average molecular weight is 362 g/mol. The molecule has 0 aliphatic carbocycles. The lowest BCUT2D eigenvalue weighted by Gasteiger charge is -2.34. The zero-order valence-corrected chi connectivity index (χ0v) is 15.1. The summed E-state index contributed by atoms with van der Waals surface area (Å²) in [7, 11) is 3.59. The summed E-state index contributed by atoms with van der Waals surface area (Å²) in [5, 5.41) is 3.14. The van der Waals surface area contributed by atoms with Crippen molar-refractivity contribution >= 4 is 22.5 Å². The van der Waals surface area contributed by atoms with E-state index in [4.69, 9.17) is 0 Å². The molecule has 0 saturated carbocycles. The first kappa shape index (κ1) is 18.5. The monoisotopic (exact) mass is 362 g/mol. The lowest BCUT2D eigenvalue weighted by Crippen LogP contribution is -2.42. The Labute approximate surface area is 152 Å². The Morgan fingerprint density at radius 1 is 1.35 bits per heavy atom. The molecule has 1 aliphatic rings. The van der Waals surface area contributed by atoms with Gasteiger partial charge in [-0.3, -0.25) is 14.7 Å². The van der Waals surface area contributed by atoms with Gasteiger partial charge >= 0.3 is 0 Å². The summed E-state index contributed by atoms with van der Waals surface area (Å²) in [6.45, 7) is 3.00. The quantitative estimate of drug-likeness (QED) is 0.887. The summed E-state index contributed by atoms with van der Waals surface area (Å²) in [6, 6.07) is 3.99. The number of nitrogens with zero attached hydrogens (tertiary/aromatic N) is 3. The van der Waals surface area contributed by atoms with Gasteiger partial charge in [0, 0.05) is 44.0 Å². The smallest absolute Gasteiger partial charge is 0.233 e. The molecule has 1 saturated heterocycles. The van der Waals surface area contributed by atoms with Crippen LogP contribution in [0.1, 0.15) is 12.8 Å². The van der Waals surface area contributed by atoms with Crippen LogP contribution >= 0.6 is 0 Å². The van der Waals surface area contributed by atoms with E-state index in [0.29, 0.717) is 17.8 Å². The van der Waals surface area contributed by atoms with Crippen LogP contribution in [0.25, 0.3) is 10.9 Å². The molecule has 7 heteroatoms. The lowest BCUT2D eigenvalue weighted by atomic mass is 9.96. The number of fused-ring (bicyclic) bond motifs is 1. The van der Waals surface area contributed by atoms with Crippen LogP contribution in [0.5, 0.6) is 0 Å². The minimum atomic E-state index is -0.641. The largest absolute Gasteiger partial charge is 0.374 e. The number of likely N-dealkylation sites (N-methyl/N-ethyl adjacent to an activating group) is 1. The molecular formula is C19H24F2N4O. The molecule has 3 rings (SSSR count). The van der Waals surface area contributed by atoms with Gasteiger partial charge in [-0.2, -0.15) is 0 Å². The average Bonchev–Trinajstić information content (AvgIpc) is 2.62. The van der Waals surface area contributed by atoms with Crippen LogP contribution in [0, 0.1) is 17.6 Å². The second-order valence-corrected chi connectivity index (χ2v) is 6.89. The molecule has 0 atom stereocenters. The summed E-state index contributed by atoms with van der Waals surface area (Å²) in [6.07, 6.45) is 3.54. The maximum absolute atomic E-state index is 14.0.